The first kappa shape index (κ1) is 18.8. The van der Waals surface area contributed by atoms with Crippen molar-refractivity contribution in [1.29, 1.82) is 0 Å². The molecule has 2 atom stereocenters. The van der Waals surface area contributed by atoms with Crippen molar-refractivity contribution in [3.63, 3.8) is 0 Å². The Kier molecular flexibility index (Phi) is 5.34. The summed E-state index contributed by atoms with van der Waals surface area (Å²) in [6, 6.07) is 6.24. The third-order valence-corrected chi connectivity index (χ3v) is 6.65. The predicted octanol–water partition coefficient (Wildman–Crippen LogP) is 0.482. The first-order valence-corrected chi connectivity index (χ1v) is 10.6. The van der Waals surface area contributed by atoms with E-state index in [0.29, 0.717) is 25.3 Å². The van der Waals surface area contributed by atoms with Gasteiger partial charge in [-0.3, -0.25) is 9.59 Å². The van der Waals surface area contributed by atoms with Crippen molar-refractivity contribution in [2.75, 3.05) is 37.8 Å². The smallest absolute Gasteiger partial charge is 0.254 e. The molecule has 2 fully saturated rings. The number of nitrogens with zero attached hydrogens (tertiary/aromatic N) is 2. The number of benzene rings is 1. The molecule has 0 aliphatic carbocycles. The first-order chi connectivity index (χ1) is 12.3. The van der Waals surface area contributed by atoms with Crippen LogP contribution >= 0.6 is 0 Å². The van der Waals surface area contributed by atoms with Gasteiger partial charge in [0.1, 0.15) is 6.61 Å². The van der Waals surface area contributed by atoms with Crippen LogP contribution in [0.3, 0.4) is 0 Å². The molecule has 2 amide bonds. The second-order valence-corrected chi connectivity index (χ2v) is 8.96. The van der Waals surface area contributed by atoms with E-state index in [4.69, 9.17) is 4.74 Å². The highest BCUT2D eigenvalue weighted by Crippen LogP contribution is 2.28. The molecule has 0 saturated carbocycles. The standard InChI is InChI=1S/C18H24N2O5S/c1-3-25-10-17(21)19-7-8-20(16-12-26(23,24)11-15(16)19)18(22)14-6-4-5-13(2)9-14/h4-6,9,15-16H,3,7-8,10-12H2,1-2H3/t15-,16+/m1/s1. The number of hydrogen-bond acceptors (Lipinski definition) is 5. The molecule has 0 bridgehead atoms. The van der Waals surface area contributed by atoms with Crippen LogP contribution in [-0.2, 0) is 19.4 Å². The van der Waals surface area contributed by atoms with Gasteiger partial charge in [0.05, 0.1) is 23.6 Å². The molecule has 142 valence electrons. The topological polar surface area (TPSA) is 84.0 Å². The lowest BCUT2D eigenvalue weighted by Crippen LogP contribution is -2.62. The minimum Gasteiger partial charge on any atom is -0.372 e. The van der Waals surface area contributed by atoms with Gasteiger partial charge in [-0.2, -0.15) is 0 Å². The van der Waals surface area contributed by atoms with Crippen LogP contribution in [0.5, 0.6) is 0 Å². The molecule has 0 radical (unpaired) electrons. The normalized spacial score (nSPS) is 24.4. The van der Waals surface area contributed by atoms with E-state index in [-0.39, 0.29) is 29.9 Å². The van der Waals surface area contributed by atoms with E-state index >= 15 is 0 Å². The van der Waals surface area contributed by atoms with Crippen LogP contribution in [0.4, 0.5) is 0 Å². The number of hydrogen-bond donors (Lipinski definition) is 0. The fourth-order valence-corrected chi connectivity index (χ4v) is 5.71. The number of sulfone groups is 1. The number of rotatable bonds is 4. The molecule has 1 aromatic carbocycles. The summed E-state index contributed by atoms with van der Waals surface area (Å²) in [6.07, 6.45) is 0. The highest BCUT2D eigenvalue weighted by molar-refractivity contribution is 7.91. The van der Waals surface area contributed by atoms with Crippen LogP contribution in [0.2, 0.25) is 0 Å². The van der Waals surface area contributed by atoms with E-state index in [1.165, 1.54) is 0 Å². The molecule has 0 unspecified atom stereocenters. The van der Waals surface area contributed by atoms with Crippen LogP contribution in [0.15, 0.2) is 24.3 Å². The Morgan fingerprint density at radius 1 is 1.15 bits per heavy atom. The molecule has 3 rings (SSSR count). The maximum absolute atomic E-state index is 13.0. The Morgan fingerprint density at radius 2 is 1.81 bits per heavy atom. The molecule has 0 aromatic heterocycles. The van der Waals surface area contributed by atoms with Gasteiger partial charge in [0.15, 0.2) is 9.84 Å². The number of fused-ring (bicyclic) bond motifs is 1. The summed E-state index contributed by atoms with van der Waals surface area (Å²) in [5, 5.41) is 0. The number of piperazine rings is 1. The Morgan fingerprint density at radius 3 is 2.46 bits per heavy atom. The average molecular weight is 380 g/mol. The van der Waals surface area contributed by atoms with E-state index in [1.807, 2.05) is 19.1 Å². The van der Waals surface area contributed by atoms with Gasteiger partial charge in [0, 0.05) is 25.3 Å². The molecule has 1 aromatic rings. The number of carbonyl (C=O) groups is 2. The number of carbonyl (C=O) groups excluding carboxylic acids is 2. The van der Waals surface area contributed by atoms with Crippen LogP contribution in [0.25, 0.3) is 0 Å². The number of amides is 2. The maximum Gasteiger partial charge on any atom is 0.254 e. The Balaban J connectivity index is 1.85. The minimum atomic E-state index is -3.30. The van der Waals surface area contributed by atoms with Gasteiger partial charge >= 0.3 is 0 Å². The fraction of sp³-hybridized carbons (Fsp3) is 0.556. The molecule has 2 heterocycles. The van der Waals surface area contributed by atoms with E-state index in [2.05, 4.69) is 0 Å². The van der Waals surface area contributed by atoms with Gasteiger partial charge in [0.2, 0.25) is 5.91 Å². The third-order valence-electron chi connectivity index (χ3n) is 4.95. The molecule has 26 heavy (non-hydrogen) atoms. The van der Waals surface area contributed by atoms with Gasteiger partial charge in [0.25, 0.3) is 5.91 Å². The molecular formula is C18H24N2O5S. The summed E-state index contributed by atoms with van der Waals surface area (Å²) in [5.41, 5.74) is 1.51. The molecule has 7 nitrogen and oxygen atoms in total. The van der Waals surface area contributed by atoms with Crippen LogP contribution < -0.4 is 0 Å². The van der Waals surface area contributed by atoms with Crippen LogP contribution in [0.1, 0.15) is 22.8 Å². The first-order valence-electron chi connectivity index (χ1n) is 8.77. The molecule has 0 spiro atoms. The quantitative estimate of drug-likeness (QED) is 0.759. The highest BCUT2D eigenvalue weighted by Gasteiger charge is 2.49. The van der Waals surface area contributed by atoms with Crippen LogP contribution in [0, 0.1) is 6.92 Å². The van der Waals surface area contributed by atoms with Gasteiger partial charge in [-0.25, -0.2) is 8.42 Å². The van der Waals surface area contributed by atoms with E-state index in [0.717, 1.165) is 5.56 Å². The van der Waals surface area contributed by atoms with Crippen molar-refractivity contribution in [3.8, 4) is 0 Å². The zero-order valence-corrected chi connectivity index (χ0v) is 15.9. The lowest BCUT2D eigenvalue weighted by Gasteiger charge is -2.43. The summed E-state index contributed by atoms with van der Waals surface area (Å²) in [4.78, 5) is 28.6. The predicted molar refractivity (Wildman–Crippen MR) is 96.7 cm³/mol. The number of aryl methyl sites for hydroxylation is 1. The third kappa shape index (κ3) is 3.76. The Labute approximate surface area is 153 Å². The maximum atomic E-state index is 13.0. The lowest BCUT2D eigenvalue weighted by atomic mass is 10.0. The van der Waals surface area contributed by atoms with Gasteiger partial charge < -0.3 is 14.5 Å². The number of ether oxygens (including phenoxy) is 1. The Bertz CT molecular complexity index is 808. The van der Waals surface area contributed by atoms with E-state index in [9.17, 15) is 18.0 Å². The summed E-state index contributed by atoms with van der Waals surface area (Å²) < 4.78 is 29.6. The zero-order chi connectivity index (χ0) is 18.9. The van der Waals surface area contributed by atoms with Crippen molar-refractivity contribution >= 4 is 21.7 Å². The van der Waals surface area contributed by atoms with Crippen molar-refractivity contribution in [2.45, 2.75) is 25.9 Å². The SMILES string of the molecule is CCOCC(=O)N1CCN(C(=O)c2cccc(C)c2)[C@H]2CS(=O)(=O)C[C@H]21. The highest BCUT2D eigenvalue weighted by atomic mass is 32.2. The fourth-order valence-electron chi connectivity index (χ4n) is 3.73. The minimum absolute atomic E-state index is 0.0639. The lowest BCUT2D eigenvalue weighted by molar-refractivity contribution is -0.141. The van der Waals surface area contributed by atoms with Gasteiger partial charge in [-0.1, -0.05) is 17.7 Å². The largest absolute Gasteiger partial charge is 0.372 e. The zero-order valence-electron chi connectivity index (χ0n) is 15.1. The molecular weight excluding hydrogens is 356 g/mol. The summed E-state index contributed by atoms with van der Waals surface area (Å²) in [5.74, 6) is -0.611. The van der Waals surface area contributed by atoms with Crippen LogP contribution in [-0.4, -0.2) is 79.9 Å². The van der Waals surface area contributed by atoms with E-state index < -0.39 is 21.9 Å². The second-order valence-electron chi connectivity index (χ2n) is 6.80. The average Bonchev–Trinajstić information content (AvgIpc) is 2.93. The summed E-state index contributed by atoms with van der Waals surface area (Å²) in [6.45, 7) is 4.70. The molecule has 2 aliphatic heterocycles. The summed E-state index contributed by atoms with van der Waals surface area (Å²) >= 11 is 0. The van der Waals surface area contributed by atoms with Crippen molar-refractivity contribution in [1.82, 2.24) is 9.80 Å². The van der Waals surface area contributed by atoms with Crippen molar-refractivity contribution < 1.29 is 22.7 Å². The molecule has 2 saturated heterocycles. The molecule has 2 aliphatic rings. The summed E-state index contributed by atoms with van der Waals surface area (Å²) in [7, 11) is -3.30. The van der Waals surface area contributed by atoms with Crippen molar-refractivity contribution in [2.24, 2.45) is 0 Å². The van der Waals surface area contributed by atoms with Gasteiger partial charge in [-0.05, 0) is 26.0 Å². The second kappa shape index (κ2) is 7.36. The monoisotopic (exact) mass is 380 g/mol. The molecule has 8 heteroatoms. The Hall–Kier alpha value is -1.93. The van der Waals surface area contributed by atoms with E-state index in [1.54, 1.807) is 28.9 Å². The van der Waals surface area contributed by atoms with Gasteiger partial charge in [-0.15, -0.1) is 0 Å². The van der Waals surface area contributed by atoms with Crippen molar-refractivity contribution in [3.05, 3.63) is 35.4 Å². The molecule has 0 N–H and O–H groups in total.